The zero-order valence-electron chi connectivity index (χ0n) is 14.5. The van der Waals surface area contributed by atoms with E-state index in [1.54, 1.807) is 0 Å². The summed E-state index contributed by atoms with van der Waals surface area (Å²) in [5.41, 5.74) is 0.733. The van der Waals surface area contributed by atoms with Crippen molar-refractivity contribution in [3.63, 3.8) is 0 Å². The number of phenols is 1. The number of benzene rings is 1. The molecule has 1 saturated heterocycles. The van der Waals surface area contributed by atoms with Crippen molar-refractivity contribution in [3.8, 4) is 11.5 Å². The highest BCUT2D eigenvalue weighted by atomic mass is 79.9. The van der Waals surface area contributed by atoms with Crippen LogP contribution in [0.25, 0.3) is 0 Å². The Morgan fingerprint density at radius 2 is 1.96 bits per heavy atom. The highest BCUT2D eigenvalue weighted by Crippen LogP contribution is 2.44. The number of piperazine rings is 1. The Balaban J connectivity index is 0.00000288. The monoisotopic (exact) mass is 422 g/mol. The molecule has 24 heavy (non-hydrogen) atoms. The van der Waals surface area contributed by atoms with Crippen LogP contribution in [0.15, 0.2) is 16.6 Å². The van der Waals surface area contributed by atoms with Crippen LogP contribution in [-0.4, -0.2) is 54.5 Å². The van der Waals surface area contributed by atoms with Crippen molar-refractivity contribution in [3.05, 3.63) is 22.2 Å². The average Bonchev–Trinajstić information content (AvgIpc) is 2.53. The van der Waals surface area contributed by atoms with E-state index >= 15 is 0 Å². The van der Waals surface area contributed by atoms with Crippen molar-refractivity contribution in [1.29, 1.82) is 0 Å². The number of ether oxygens (including phenoxy) is 1. The van der Waals surface area contributed by atoms with Gasteiger partial charge in [-0.15, -0.1) is 12.4 Å². The molecule has 1 heterocycles. The van der Waals surface area contributed by atoms with Gasteiger partial charge in [-0.1, -0.05) is 13.8 Å². The predicted octanol–water partition coefficient (Wildman–Crippen LogP) is 2.94. The summed E-state index contributed by atoms with van der Waals surface area (Å²) >= 11 is 3.42. The highest BCUT2D eigenvalue weighted by molar-refractivity contribution is 9.10. The molecule has 1 fully saturated rings. The second-order valence-corrected chi connectivity index (χ2v) is 7.47. The average molecular weight is 424 g/mol. The smallest absolute Gasteiger partial charge is 0.172 e. The summed E-state index contributed by atoms with van der Waals surface area (Å²) < 4.78 is 6.19. The van der Waals surface area contributed by atoms with Gasteiger partial charge in [0.05, 0.1) is 11.1 Å². The number of phenolic OH excluding ortho intramolecular Hbond substituents is 1. The zero-order valence-corrected chi connectivity index (χ0v) is 16.9. The molecule has 0 spiro atoms. The molecule has 0 aromatic heterocycles. The van der Waals surface area contributed by atoms with E-state index < -0.39 is 0 Å². The quantitative estimate of drug-likeness (QED) is 0.656. The maximum absolute atomic E-state index is 10.2. The molecule has 3 N–H and O–H groups in total. The fraction of sp³-hybridized carbons (Fsp3) is 0.647. The first-order valence-corrected chi connectivity index (χ1v) is 8.91. The van der Waals surface area contributed by atoms with Gasteiger partial charge < -0.3 is 20.3 Å². The summed E-state index contributed by atoms with van der Waals surface area (Å²) in [6.45, 7) is 10.3. The Hall–Kier alpha value is -0.530. The molecule has 1 aromatic rings. The van der Waals surface area contributed by atoms with Gasteiger partial charge in [-0.3, -0.25) is 4.90 Å². The van der Waals surface area contributed by atoms with Gasteiger partial charge >= 0.3 is 0 Å². The summed E-state index contributed by atoms with van der Waals surface area (Å²) in [4.78, 5) is 2.39. The lowest BCUT2D eigenvalue weighted by Crippen LogP contribution is -2.49. The van der Waals surface area contributed by atoms with E-state index in [0.29, 0.717) is 16.8 Å². The molecule has 2 rings (SSSR count). The fourth-order valence-electron chi connectivity index (χ4n) is 3.20. The van der Waals surface area contributed by atoms with E-state index in [0.717, 1.165) is 31.7 Å². The van der Waals surface area contributed by atoms with Gasteiger partial charge in [-0.25, -0.2) is 0 Å². The molecule has 1 aliphatic heterocycles. The maximum atomic E-state index is 10.2. The third-order valence-corrected chi connectivity index (χ3v) is 4.94. The van der Waals surface area contributed by atoms with Gasteiger partial charge in [0.15, 0.2) is 11.5 Å². The van der Waals surface area contributed by atoms with E-state index in [4.69, 9.17) is 4.74 Å². The fourth-order valence-corrected chi connectivity index (χ4v) is 3.66. The predicted molar refractivity (Wildman–Crippen MR) is 102 cm³/mol. The number of nitrogens with one attached hydrogen (secondary N) is 1. The summed E-state index contributed by atoms with van der Waals surface area (Å²) in [5, 5.41) is 23.4. The Kier molecular flexibility index (Phi) is 8.29. The number of rotatable bonds is 6. The minimum atomic E-state index is -0.308. The van der Waals surface area contributed by atoms with E-state index in [9.17, 15) is 10.2 Å². The first kappa shape index (κ1) is 21.5. The molecular formula is C17H28BrClN2O3. The first-order chi connectivity index (χ1) is 10.9. The lowest BCUT2D eigenvalue weighted by Gasteiger charge is -2.43. The Labute approximate surface area is 158 Å². The minimum Gasteiger partial charge on any atom is -0.503 e. The van der Waals surface area contributed by atoms with E-state index in [1.165, 1.54) is 0 Å². The highest BCUT2D eigenvalue weighted by Gasteiger charge is 2.36. The second-order valence-electron chi connectivity index (χ2n) is 6.62. The lowest BCUT2D eigenvalue weighted by atomic mass is 9.79. The molecule has 0 aliphatic carbocycles. The summed E-state index contributed by atoms with van der Waals surface area (Å²) in [6, 6.07) is 3.88. The van der Waals surface area contributed by atoms with Crippen LogP contribution in [-0.2, 0) is 0 Å². The van der Waals surface area contributed by atoms with Crippen molar-refractivity contribution in [1.82, 2.24) is 10.2 Å². The van der Waals surface area contributed by atoms with Gasteiger partial charge in [0.25, 0.3) is 0 Å². The number of aliphatic hydroxyl groups excluding tert-OH is 1. The molecule has 0 unspecified atom stereocenters. The van der Waals surface area contributed by atoms with Crippen LogP contribution in [0.1, 0.15) is 32.4 Å². The Morgan fingerprint density at radius 3 is 2.50 bits per heavy atom. The third-order valence-electron chi connectivity index (χ3n) is 4.33. The molecular weight excluding hydrogens is 396 g/mol. The molecule has 0 saturated carbocycles. The van der Waals surface area contributed by atoms with Gasteiger partial charge in [0.1, 0.15) is 0 Å². The first-order valence-electron chi connectivity index (χ1n) is 8.11. The van der Waals surface area contributed by atoms with Crippen LogP contribution in [0.5, 0.6) is 11.5 Å². The van der Waals surface area contributed by atoms with Crippen molar-refractivity contribution < 1.29 is 14.9 Å². The number of halogens is 2. The molecule has 0 radical (unpaired) electrons. The molecule has 7 heteroatoms. The Morgan fingerprint density at radius 1 is 1.33 bits per heavy atom. The zero-order chi connectivity index (χ0) is 17.0. The molecule has 0 amide bonds. The van der Waals surface area contributed by atoms with Crippen molar-refractivity contribution in [2.75, 3.05) is 39.4 Å². The van der Waals surface area contributed by atoms with Crippen LogP contribution in [0.2, 0.25) is 0 Å². The maximum Gasteiger partial charge on any atom is 0.172 e. The van der Waals surface area contributed by atoms with E-state index in [1.807, 2.05) is 19.1 Å². The number of aromatic hydroxyl groups is 1. The number of hydrogen-bond donors (Lipinski definition) is 3. The van der Waals surface area contributed by atoms with Crippen LogP contribution >= 0.6 is 28.3 Å². The third kappa shape index (κ3) is 4.76. The van der Waals surface area contributed by atoms with E-state index in [-0.39, 0.29) is 36.2 Å². The molecule has 1 aromatic carbocycles. The van der Waals surface area contributed by atoms with Gasteiger partial charge in [-0.2, -0.15) is 0 Å². The largest absolute Gasteiger partial charge is 0.503 e. The van der Waals surface area contributed by atoms with Crippen LogP contribution in [0.3, 0.4) is 0 Å². The second kappa shape index (κ2) is 9.25. The van der Waals surface area contributed by atoms with Crippen molar-refractivity contribution in [2.45, 2.75) is 26.8 Å². The Bertz CT molecular complexity index is 537. The lowest BCUT2D eigenvalue weighted by molar-refractivity contribution is 0.0303. The minimum absolute atomic E-state index is 0. The SMILES string of the molecule is CCOc1cc([C@H](N2CCNCC2)C(C)(C)CO)cc(Br)c1O.Cl. The van der Waals surface area contributed by atoms with Crippen molar-refractivity contribution in [2.24, 2.45) is 5.41 Å². The number of nitrogens with zero attached hydrogens (tertiary/aromatic N) is 1. The molecule has 5 nitrogen and oxygen atoms in total. The normalized spacial score (nSPS) is 17.2. The summed E-state index contributed by atoms with van der Waals surface area (Å²) in [5.74, 6) is 0.599. The summed E-state index contributed by atoms with van der Waals surface area (Å²) in [6.07, 6.45) is 0. The number of hydrogen-bond acceptors (Lipinski definition) is 5. The van der Waals surface area contributed by atoms with Crippen LogP contribution in [0, 0.1) is 5.41 Å². The standard InChI is InChI=1S/C17H27BrN2O3.ClH/c1-4-23-14-10-12(9-13(18)15(14)22)16(17(2,3)11-21)20-7-5-19-6-8-20;/h9-10,16,19,21-22H,4-8,11H2,1-3H3;1H/t16-;/m0./s1. The van der Waals surface area contributed by atoms with Gasteiger partial charge in [-0.05, 0) is 40.5 Å². The summed E-state index contributed by atoms with van der Waals surface area (Å²) in [7, 11) is 0. The molecule has 138 valence electrons. The van der Waals surface area contributed by atoms with Crippen molar-refractivity contribution >= 4 is 28.3 Å². The van der Waals surface area contributed by atoms with Crippen LogP contribution < -0.4 is 10.1 Å². The van der Waals surface area contributed by atoms with Crippen LogP contribution in [0.4, 0.5) is 0 Å². The van der Waals surface area contributed by atoms with Gasteiger partial charge in [0.2, 0.25) is 0 Å². The topological polar surface area (TPSA) is 65.0 Å². The van der Waals surface area contributed by atoms with Gasteiger partial charge in [0, 0.05) is 44.2 Å². The molecule has 1 atom stereocenters. The number of aliphatic hydroxyl groups is 1. The molecule has 0 bridgehead atoms. The van der Waals surface area contributed by atoms with E-state index in [2.05, 4.69) is 40.0 Å². The molecule has 1 aliphatic rings.